The van der Waals surface area contributed by atoms with Crippen molar-refractivity contribution in [3.05, 3.63) is 52.7 Å². The molecule has 0 fully saturated rings. The third-order valence-electron chi connectivity index (χ3n) is 3.48. The molecule has 0 radical (unpaired) electrons. The molecule has 2 aromatic rings. The molecule has 0 aromatic heterocycles. The van der Waals surface area contributed by atoms with Crippen LogP contribution >= 0.6 is 0 Å². The predicted molar refractivity (Wildman–Crippen MR) is 111 cm³/mol. The molecule has 9 heteroatoms. The molecule has 2 rings (SSSR count). The van der Waals surface area contributed by atoms with E-state index in [4.69, 9.17) is 0 Å². The highest BCUT2D eigenvalue weighted by atomic mass is 16.5. The lowest BCUT2D eigenvalue weighted by Crippen LogP contribution is -2.07. The monoisotopic (exact) mass is 388 g/mol. The van der Waals surface area contributed by atoms with Crippen molar-refractivity contribution in [2.24, 2.45) is 15.1 Å². The summed E-state index contributed by atoms with van der Waals surface area (Å²) in [6, 6.07) is 13.3. The average Bonchev–Trinajstić information content (AvgIpc) is 2.70. The first-order valence-corrected chi connectivity index (χ1v) is 8.52. The molecule has 0 spiro atoms. The van der Waals surface area contributed by atoms with Crippen LogP contribution in [0.4, 0.5) is 22.7 Å². The number of hydrogen-bond donors (Lipinski definition) is 0. The fourth-order valence-corrected chi connectivity index (χ4v) is 2.15. The lowest BCUT2D eigenvalue weighted by molar-refractivity contribution is -0.435. The third-order valence-corrected chi connectivity index (χ3v) is 3.48. The Morgan fingerprint density at radius 2 is 1.38 bits per heavy atom. The van der Waals surface area contributed by atoms with Gasteiger partial charge < -0.3 is 15.0 Å². The van der Waals surface area contributed by atoms with Crippen molar-refractivity contribution in [1.82, 2.24) is 9.80 Å². The van der Waals surface area contributed by atoms with Crippen LogP contribution in [0, 0.1) is 27.9 Å². The highest BCUT2D eigenvalue weighted by molar-refractivity contribution is 5.68. The molecule has 146 valence electrons. The van der Waals surface area contributed by atoms with Gasteiger partial charge in [0.05, 0.1) is 35.2 Å². The van der Waals surface area contributed by atoms with Gasteiger partial charge in [0.25, 0.3) is 0 Å². The van der Waals surface area contributed by atoms with Crippen LogP contribution in [-0.2, 0) is 0 Å². The second-order valence-electron chi connectivity index (χ2n) is 6.42. The van der Waals surface area contributed by atoms with E-state index in [2.05, 4.69) is 15.1 Å². The van der Waals surface area contributed by atoms with E-state index in [0.717, 1.165) is 0 Å². The van der Waals surface area contributed by atoms with Gasteiger partial charge in [-0.25, -0.2) is 9.98 Å². The molecule has 9 nitrogen and oxygen atoms in total. The van der Waals surface area contributed by atoms with Gasteiger partial charge in [-0.2, -0.15) is 10.5 Å². The highest BCUT2D eigenvalue weighted by Gasteiger charge is 2.11. The topological polar surface area (TPSA) is 117 Å². The number of nitrogens with zero attached hydrogens (tertiary/aromatic N) is 8. The molecule has 0 N–H and O–H groups in total. The third kappa shape index (κ3) is 5.88. The Labute approximate surface area is 169 Å². The molecule has 0 aliphatic heterocycles. The van der Waals surface area contributed by atoms with Crippen molar-refractivity contribution in [2.75, 3.05) is 28.2 Å². The lowest BCUT2D eigenvalue weighted by atomic mass is 10.2. The van der Waals surface area contributed by atoms with Crippen LogP contribution < -0.4 is 0 Å². The Hall–Kier alpha value is -4.24. The van der Waals surface area contributed by atoms with Crippen LogP contribution in [-0.4, -0.2) is 55.5 Å². The quantitative estimate of drug-likeness (QED) is 0.245. The zero-order valence-corrected chi connectivity index (χ0v) is 16.6. The molecule has 0 aliphatic carbocycles. The Balaban J connectivity index is 2.36. The van der Waals surface area contributed by atoms with Gasteiger partial charge in [0, 0.05) is 45.4 Å². The van der Waals surface area contributed by atoms with Crippen molar-refractivity contribution in [1.29, 1.82) is 10.5 Å². The molecule has 0 unspecified atom stereocenters. The van der Waals surface area contributed by atoms with Crippen LogP contribution in [0.5, 0.6) is 0 Å². The molecule has 0 aliphatic rings. The van der Waals surface area contributed by atoms with E-state index in [1.807, 2.05) is 40.3 Å². The summed E-state index contributed by atoms with van der Waals surface area (Å²) in [4.78, 5) is 12.3. The summed E-state index contributed by atoms with van der Waals surface area (Å²) in [6.07, 6.45) is 3.15. The van der Waals surface area contributed by atoms with Crippen LogP contribution in [0.15, 0.2) is 51.5 Å². The molecule has 0 bridgehead atoms. The van der Waals surface area contributed by atoms with Crippen molar-refractivity contribution in [2.45, 2.75) is 0 Å². The minimum atomic E-state index is 0.179. The summed E-state index contributed by atoms with van der Waals surface area (Å²) >= 11 is 0. The SMILES string of the molecule is CN(C)C=Nc1ccc(N=[N+]([O-])c2ccc(N=CN(C)C)c(C#N)c2)cc1C#N. The second-order valence-corrected chi connectivity index (χ2v) is 6.42. The molecule has 29 heavy (non-hydrogen) atoms. The first kappa shape index (κ1) is 21.1. The zero-order valence-electron chi connectivity index (χ0n) is 16.6. The first-order valence-electron chi connectivity index (χ1n) is 8.52. The average molecular weight is 388 g/mol. The molecule has 0 atom stereocenters. The fraction of sp³-hybridized carbons (Fsp3) is 0.200. The molecule has 2 aromatic carbocycles. The van der Waals surface area contributed by atoms with E-state index in [1.165, 1.54) is 18.2 Å². The molecule has 0 saturated heterocycles. The maximum absolute atomic E-state index is 12.4. The van der Waals surface area contributed by atoms with Gasteiger partial charge in [-0.3, -0.25) is 0 Å². The fourth-order valence-electron chi connectivity index (χ4n) is 2.15. The number of hydrogen-bond acceptors (Lipinski definition) is 6. The summed E-state index contributed by atoms with van der Waals surface area (Å²) in [6.45, 7) is 0. The number of aliphatic imine (C=N–C) groups is 2. The zero-order chi connectivity index (χ0) is 21.4. The second kappa shape index (κ2) is 9.62. The Bertz CT molecular complexity index is 1060. The number of benzene rings is 2. The Kier molecular flexibility index (Phi) is 6.99. The van der Waals surface area contributed by atoms with Gasteiger partial charge in [0.2, 0.25) is 5.69 Å². The highest BCUT2D eigenvalue weighted by Crippen LogP contribution is 2.27. The molecule has 0 heterocycles. The smallest absolute Gasteiger partial charge is 0.246 e. The van der Waals surface area contributed by atoms with E-state index in [9.17, 15) is 15.7 Å². The molecule has 0 saturated carbocycles. The van der Waals surface area contributed by atoms with Gasteiger partial charge in [0.15, 0.2) is 0 Å². The standard InChI is InChI=1S/C20H20N8O/c1-26(2)13-23-19-7-5-17(9-15(19)11-21)25-28(29)18-6-8-20(16(10-18)12-22)24-14-27(3)4/h5-10,13-14H,1-4H3. The predicted octanol–water partition coefficient (Wildman–Crippen LogP) is 3.80. The van der Waals surface area contributed by atoms with Crippen LogP contribution in [0.3, 0.4) is 0 Å². The van der Waals surface area contributed by atoms with Crippen molar-refractivity contribution in [3.8, 4) is 12.1 Å². The normalized spacial score (nSPS) is 11.4. The Morgan fingerprint density at radius 3 is 1.90 bits per heavy atom. The summed E-state index contributed by atoms with van der Waals surface area (Å²) in [5, 5.41) is 35.0. The van der Waals surface area contributed by atoms with Crippen LogP contribution in [0.2, 0.25) is 0 Å². The number of nitriles is 2. The minimum absolute atomic E-state index is 0.179. The van der Waals surface area contributed by atoms with Crippen molar-refractivity contribution in [3.63, 3.8) is 0 Å². The molecular formula is C20H20N8O. The van der Waals surface area contributed by atoms with Gasteiger partial charge in [-0.1, -0.05) is 4.86 Å². The minimum Gasteiger partial charge on any atom is -0.594 e. The van der Waals surface area contributed by atoms with E-state index in [1.54, 1.807) is 40.7 Å². The summed E-state index contributed by atoms with van der Waals surface area (Å²) in [5.74, 6) is 0. The van der Waals surface area contributed by atoms with Gasteiger partial charge in [-0.05, 0) is 24.3 Å². The van der Waals surface area contributed by atoms with Crippen molar-refractivity contribution < 1.29 is 4.86 Å². The Morgan fingerprint density at radius 1 is 0.862 bits per heavy atom. The van der Waals surface area contributed by atoms with Crippen LogP contribution in [0.25, 0.3) is 0 Å². The maximum Gasteiger partial charge on any atom is 0.246 e. The summed E-state index contributed by atoms with van der Waals surface area (Å²) in [7, 11) is 7.27. The summed E-state index contributed by atoms with van der Waals surface area (Å²) in [5.41, 5.74) is 1.96. The molecule has 0 amide bonds. The van der Waals surface area contributed by atoms with Gasteiger partial charge in [-0.15, -0.1) is 0 Å². The number of rotatable bonds is 6. The van der Waals surface area contributed by atoms with E-state index < -0.39 is 0 Å². The van der Waals surface area contributed by atoms with Crippen LogP contribution in [0.1, 0.15) is 11.1 Å². The van der Waals surface area contributed by atoms with Gasteiger partial charge in [0.1, 0.15) is 17.8 Å². The van der Waals surface area contributed by atoms with Crippen molar-refractivity contribution >= 4 is 35.4 Å². The van der Waals surface area contributed by atoms with E-state index in [-0.39, 0.29) is 11.3 Å². The molecular weight excluding hydrogens is 368 g/mol. The van der Waals surface area contributed by atoms with E-state index >= 15 is 0 Å². The van der Waals surface area contributed by atoms with Gasteiger partial charge >= 0.3 is 0 Å². The largest absolute Gasteiger partial charge is 0.594 e. The first-order chi connectivity index (χ1) is 13.8. The lowest BCUT2D eigenvalue weighted by Gasteiger charge is -2.05. The summed E-state index contributed by atoms with van der Waals surface area (Å²) < 4.78 is 0. The van der Waals surface area contributed by atoms with E-state index in [0.29, 0.717) is 27.5 Å². The number of azo groups is 1. The maximum atomic E-state index is 12.4.